The van der Waals surface area contributed by atoms with Crippen molar-refractivity contribution in [2.24, 2.45) is 0 Å². The van der Waals surface area contributed by atoms with Crippen molar-refractivity contribution in [3.63, 3.8) is 0 Å². The Morgan fingerprint density at radius 2 is 2.36 bits per heavy atom. The van der Waals surface area contributed by atoms with Gasteiger partial charge in [-0.1, -0.05) is 28.1 Å². The molecule has 1 aliphatic heterocycles. The number of hydrogen-bond donors (Lipinski definition) is 1. The van der Waals surface area contributed by atoms with Gasteiger partial charge in [0, 0.05) is 4.47 Å². The van der Waals surface area contributed by atoms with Crippen molar-refractivity contribution >= 4 is 22.0 Å². The van der Waals surface area contributed by atoms with E-state index in [0.29, 0.717) is 6.61 Å². The van der Waals surface area contributed by atoms with Crippen LogP contribution < -0.4 is 0 Å². The summed E-state index contributed by atoms with van der Waals surface area (Å²) >= 11 is 3.39. The average molecular weight is 258 g/mol. The number of fused-ring (bicyclic) bond motifs is 1. The standard InChI is InChI=1S/C9H8BrNO3/c10-8-3-1-2-6-4-11(9(12)13)14-5-7(6)8/h1-3H,4-5H2,(H,12,13). The van der Waals surface area contributed by atoms with Crippen LogP contribution in [0, 0.1) is 0 Å². The molecule has 0 aromatic heterocycles. The summed E-state index contributed by atoms with van der Waals surface area (Å²) < 4.78 is 0.958. The largest absolute Gasteiger partial charge is 0.463 e. The fourth-order valence-corrected chi connectivity index (χ4v) is 1.90. The third-order valence-corrected chi connectivity index (χ3v) is 2.85. The molecule has 1 aromatic carbocycles. The van der Waals surface area contributed by atoms with Gasteiger partial charge in [-0.25, -0.2) is 4.79 Å². The van der Waals surface area contributed by atoms with Crippen molar-refractivity contribution in [2.45, 2.75) is 13.2 Å². The van der Waals surface area contributed by atoms with Crippen LogP contribution in [0.2, 0.25) is 0 Å². The third kappa shape index (κ3) is 1.60. The van der Waals surface area contributed by atoms with Crippen molar-refractivity contribution in [1.29, 1.82) is 0 Å². The third-order valence-electron chi connectivity index (χ3n) is 2.11. The minimum absolute atomic E-state index is 0.282. The Morgan fingerprint density at radius 3 is 3.07 bits per heavy atom. The van der Waals surface area contributed by atoms with E-state index >= 15 is 0 Å². The Bertz CT molecular complexity index is 380. The van der Waals surface area contributed by atoms with Crippen LogP contribution in [0.4, 0.5) is 4.79 Å². The van der Waals surface area contributed by atoms with E-state index in [1.165, 1.54) is 0 Å². The molecular weight excluding hydrogens is 250 g/mol. The van der Waals surface area contributed by atoms with Crippen molar-refractivity contribution in [2.75, 3.05) is 0 Å². The molecule has 5 heteroatoms. The Balaban J connectivity index is 2.31. The van der Waals surface area contributed by atoms with E-state index in [0.717, 1.165) is 20.7 Å². The summed E-state index contributed by atoms with van der Waals surface area (Å²) in [5.41, 5.74) is 2.00. The lowest BCUT2D eigenvalue weighted by Crippen LogP contribution is -2.32. The Morgan fingerprint density at radius 1 is 1.57 bits per heavy atom. The van der Waals surface area contributed by atoms with Crippen LogP contribution in [0.5, 0.6) is 0 Å². The van der Waals surface area contributed by atoms with Crippen LogP contribution in [0.1, 0.15) is 11.1 Å². The summed E-state index contributed by atoms with van der Waals surface area (Å²) in [5, 5.41) is 9.66. The monoisotopic (exact) mass is 257 g/mol. The first-order valence-corrected chi connectivity index (χ1v) is 4.87. The summed E-state index contributed by atoms with van der Waals surface area (Å²) in [6, 6.07) is 5.70. The second kappa shape index (κ2) is 3.59. The minimum atomic E-state index is -1.06. The molecule has 1 N–H and O–H groups in total. The van der Waals surface area contributed by atoms with Gasteiger partial charge in [0.25, 0.3) is 0 Å². The van der Waals surface area contributed by atoms with Gasteiger partial charge in [-0.2, -0.15) is 5.06 Å². The minimum Gasteiger partial charge on any atom is -0.463 e. The van der Waals surface area contributed by atoms with Gasteiger partial charge in [0.15, 0.2) is 0 Å². The predicted molar refractivity (Wildman–Crippen MR) is 52.5 cm³/mol. The SMILES string of the molecule is O=C(O)N1Cc2cccc(Br)c2CO1. The molecular formula is C9H8BrNO3. The number of hydrogen-bond acceptors (Lipinski definition) is 2. The number of carbonyl (C=O) groups is 1. The summed E-state index contributed by atoms with van der Waals surface area (Å²) in [7, 11) is 0. The maximum Gasteiger partial charge on any atom is 0.431 e. The van der Waals surface area contributed by atoms with E-state index in [9.17, 15) is 4.79 Å². The second-order valence-corrected chi connectivity index (χ2v) is 3.82. The van der Waals surface area contributed by atoms with Crippen LogP contribution in [0.25, 0.3) is 0 Å². The molecule has 0 spiro atoms. The molecule has 1 aliphatic rings. The molecule has 0 unspecified atom stereocenters. The van der Waals surface area contributed by atoms with Crippen LogP contribution in [0.15, 0.2) is 22.7 Å². The van der Waals surface area contributed by atoms with Gasteiger partial charge in [0.2, 0.25) is 0 Å². The molecule has 4 nitrogen and oxygen atoms in total. The summed E-state index contributed by atoms with van der Waals surface area (Å²) in [4.78, 5) is 15.7. The van der Waals surface area contributed by atoms with Crippen molar-refractivity contribution in [1.82, 2.24) is 5.06 Å². The molecule has 1 aromatic rings. The Labute approximate surface area is 89.2 Å². The molecule has 1 heterocycles. The van der Waals surface area contributed by atoms with Gasteiger partial charge in [-0.3, -0.25) is 4.84 Å². The van der Waals surface area contributed by atoms with Crippen molar-refractivity contribution < 1.29 is 14.7 Å². The molecule has 0 atom stereocenters. The number of halogens is 1. The molecule has 0 aliphatic carbocycles. The predicted octanol–water partition coefficient (Wildman–Crippen LogP) is 2.37. The Hall–Kier alpha value is -1.07. The lowest BCUT2D eigenvalue weighted by Gasteiger charge is -2.26. The highest BCUT2D eigenvalue weighted by atomic mass is 79.9. The van der Waals surface area contributed by atoms with Gasteiger partial charge < -0.3 is 5.11 Å². The van der Waals surface area contributed by atoms with Gasteiger partial charge in [-0.05, 0) is 17.2 Å². The zero-order valence-electron chi connectivity index (χ0n) is 7.24. The number of hydroxylamine groups is 2. The molecule has 0 saturated heterocycles. The van der Waals surface area contributed by atoms with Gasteiger partial charge >= 0.3 is 6.09 Å². The van der Waals surface area contributed by atoms with E-state index in [4.69, 9.17) is 9.94 Å². The molecule has 1 amide bonds. The highest BCUT2D eigenvalue weighted by Crippen LogP contribution is 2.26. The molecule has 74 valence electrons. The zero-order valence-corrected chi connectivity index (χ0v) is 8.82. The van der Waals surface area contributed by atoms with Crippen LogP contribution in [0.3, 0.4) is 0 Å². The highest BCUT2D eigenvalue weighted by molar-refractivity contribution is 9.10. The van der Waals surface area contributed by atoms with Crippen molar-refractivity contribution in [3.8, 4) is 0 Å². The fraction of sp³-hybridized carbons (Fsp3) is 0.222. The average Bonchev–Trinajstić information content (AvgIpc) is 2.17. The first kappa shape index (κ1) is 9.48. The molecule has 0 radical (unpaired) electrons. The van der Waals surface area contributed by atoms with E-state index in [1.807, 2.05) is 18.2 Å². The summed E-state index contributed by atoms with van der Waals surface area (Å²) in [5.74, 6) is 0. The van der Waals surface area contributed by atoms with E-state index in [-0.39, 0.29) is 6.54 Å². The van der Waals surface area contributed by atoms with Gasteiger partial charge in [-0.15, -0.1) is 0 Å². The quantitative estimate of drug-likeness (QED) is 0.777. The molecule has 0 fully saturated rings. The lowest BCUT2D eigenvalue weighted by molar-refractivity contribution is -0.157. The lowest BCUT2D eigenvalue weighted by atomic mass is 10.1. The first-order valence-electron chi connectivity index (χ1n) is 4.08. The maximum absolute atomic E-state index is 10.6. The Kier molecular flexibility index (Phi) is 2.43. The van der Waals surface area contributed by atoms with Crippen LogP contribution in [-0.2, 0) is 18.0 Å². The first-order chi connectivity index (χ1) is 6.68. The van der Waals surface area contributed by atoms with E-state index < -0.39 is 6.09 Å². The van der Waals surface area contributed by atoms with E-state index in [1.54, 1.807) is 0 Å². The number of benzene rings is 1. The topological polar surface area (TPSA) is 49.8 Å². The highest BCUT2D eigenvalue weighted by Gasteiger charge is 2.22. The summed E-state index contributed by atoms with van der Waals surface area (Å²) in [6.45, 7) is 0.577. The van der Waals surface area contributed by atoms with Gasteiger partial charge in [0.05, 0.1) is 6.54 Å². The molecule has 0 bridgehead atoms. The normalized spacial score (nSPS) is 15.1. The summed E-state index contributed by atoms with van der Waals surface area (Å²) in [6.07, 6.45) is -1.06. The number of rotatable bonds is 0. The fourth-order valence-electron chi connectivity index (χ4n) is 1.38. The van der Waals surface area contributed by atoms with Crippen molar-refractivity contribution in [3.05, 3.63) is 33.8 Å². The second-order valence-electron chi connectivity index (χ2n) is 2.97. The molecule has 0 saturated carbocycles. The number of amides is 1. The molecule has 2 rings (SSSR count). The zero-order chi connectivity index (χ0) is 10.1. The number of carboxylic acid groups (broad SMARTS) is 1. The maximum atomic E-state index is 10.6. The molecule has 14 heavy (non-hydrogen) atoms. The van der Waals surface area contributed by atoms with Crippen LogP contribution >= 0.6 is 15.9 Å². The number of nitrogens with zero attached hydrogens (tertiary/aromatic N) is 1. The van der Waals surface area contributed by atoms with Gasteiger partial charge in [0.1, 0.15) is 6.61 Å². The van der Waals surface area contributed by atoms with Crippen LogP contribution in [-0.4, -0.2) is 16.3 Å². The van der Waals surface area contributed by atoms with E-state index in [2.05, 4.69) is 15.9 Å². The smallest absolute Gasteiger partial charge is 0.431 e.